The molecule has 0 saturated carbocycles. The minimum atomic E-state index is -0.543. The Balaban J connectivity index is 1.76. The van der Waals surface area contributed by atoms with E-state index in [9.17, 15) is 4.79 Å². The van der Waals surface area contributed by atoms with Gasteiger partial charge in [-0.3, -0.25) is 4.79 Å². The number of aryl methyl sites for hydroxylation is 1. The lowest BCUT2D eigenvalue weighted by Crippen LogP contribution is -2.45. The molecule has 3 N–H and O–H groups in total. The van der Waals surface area contributed by atoms with Crippen LogP contribution >= 0.6 is 0 Å². The SMILES string of the molecule is COc1ncc(C)c(-c2ccc3c(c2)NC(=O)C(C=N)C3N[C@H]2CCOC2)c1C. The molecule has 7 nitrogen and oxygen atoms in total. The number of carbonyl (C=O) groups excluding carboxylic acids is 1. The van der Waals surface area contributed by atoms with Crippen LogP contribution in [0.25, 0.3) is 11.1 Å². The van der Waals surface area contributed by atoms with Gasteiger partial charge in [0.05, 0.1) is 25.7 Å². The minimum absolute atomic E-state index is 0.165. The number of methoxy groups -OCH3 is 1. The molecule has 2 unspecified atom stereocenters. The van der Waals surface area contributed by atoms with Crippen molar-refractivity contribution in [3.63, 3.8) is 0 Å². The first-order valence-electron chi connectivity index (χ1n) is 9.83. The maximum Gasteiger partial charge on any atom is 0.234 e. The van der Waals surface area contributed by atoms with Gasteiger partial charge >= 0.3 is 0 Å². The quantitative estimate of drug-likeness (QED) is 0.678. The van der Waals surface area contributed by atoms with Crippen LogP contribution in [0.4, 0.5) is 5.69 Å². The lowest BCUT2D eigenvalue weighted by Gasteiger charge is -2.33. The average Bonchev–Trinajstić information content (AvgIpc) is 3.21. The van der Waals surface area contributed by atoms with Crippen molar-refractivity contribution in [2.75, 3.05) is 25.6 Å². The maximum atomic E-state index is 12.7. The molecule has 1 amide bonds. The number of benzene rings is 1. The van der Waals surface area contributed by atoms with E-state index < -0.39 is 5.92 Å². The summed E-state index contributed by atoms with van der Waals surface area (Å²) in [6.45, 7) is 5.36. The summed E-state index contributed by atoms with van der Waals surface area (Å²) >= 11 is 0. The van der Waals surface area contributed by atoms with Gasteiger partial charge in [0.15, 0.2) is 0 Å². The Morgan fingerprint density at radius 1 is 1.38 bits per heavy atom. The third-order valence-corrected chi connectivity index (χ3v) is 5.78. The Kier molecular flexibility index (Phi) is 5.34. The van der Waals surface area contributed by atoms with E-state index in [-0.39, 0.29) is 18.0 Å². The van der Waals surface area contributed by atoms with Crippen molar-refractivity contribution >= 4 is 17.8 Å². The van der Waals surface area contributed by atoms with E-state index in [2.05, 4.69) is 21.7 Å². The molecule has 3 heterocycles. The molecule has 2 aromatic rings. The topological polar surface area (TPSA) is 96.3 Å². The average molecular weight is 394 g/mol. The van der Waals surface area contributed by atoms with E-state index in [4.69, 9.17) is 14.9 Å². The summed E-state index contributed by atoms with van der Waals surface area (Å²) in [5, 5.41) is 14.3. The van der Waals surface area contributed by atoms with Gasteiger partial charge in [-0.25, -0.2) is 4.98 Å². The molecule has 7 heteroatoms. The number of rotatable bonds is 5. The molecule has 1 aromatic carbocycles. The van der Waals surface area contributed by atoms with E-state index in [1.54, 1.807) is 13.3 Å². The van der Waals surface area contributed by atoms with E-state index in [0.717, 1.165) is 46.5 Å². The predicted molar refractivity (Wildman–Crippen MR) is 112 cm³/mol. The van der Waals surface area contributed by atoms with Crippen molar-refractivity contribution in [1.29, 1.82) is 5.41 Å². The Bertz CT molecular complexity index is 953. The fourth-order valence-electron chi connectivity index (χ4n) is 4.31. The van der Waals surface area contributed by atoms with Gasteiger partial charge in [0.2, 0.25) is 11.8 Å². The molecule has 0 aliphatic carbocycles. The van der Waals surface area contributed by atoms with Gasteiger partial charge in [0, 0.05) is 36.3 Å². The third-order valence-electron chi connectivity index (χ3n) is 5.78. The molecular formula is C22H26N4O3. The monoisotopic (exact) mass is 394 g/mol. The predicted octanol–water partition coefficient (Wildman–Crippen LogP) is 3.01. The van der Waals surface area contributed by atoms with Crippen LogP contribution in [0.1, 0.15) is 29.2 Å². The number of aromatic nitrogens is 1. The maximum absolute atomic E-state index is 12.7. The highest BCUT2D eigenvalue weighted by Crippen LogP contribution is 2.39. The number of carbonyl (C=O) groups is 1. The van der Waals surface area contributed by atoms with Crippen molar-refractivity contribution in [2.24, 2.45) is 5.92 Å². The van der Waals surface area contributed by atoms with E-state index in [0.29, 0.717) is 12.5 Å². The van der Waals surface area contributed by atoms with Gasteiger partial charge in [0.25, 0.3) is 0 Å². The summed E-state index contributed by atoms with van der Waals surface area (Å²) in [6, 6.07) is 6.05. The second kappa shape index (κ2) is 7.93. The Morgan fingerprint density at radius 2 is 2.21 bits per heavy atom. The molecule has 29 heavy (non-hydrogen) atoms. The van der Waals surface area contributed by atoms with Crippen molar-refractivity contribution in [3.05, 3.63) is 41.1 Å². The van der Waals surface area contributed by atoms with E-state index in [1.807, 2.05) is 26.0 Å². The second-order valence-electron chi connectivity index (χ2n) is 7.64. The van der Waals surface area contributed by atoms with Crippen molar-refractivity contribution < 1.29 is 14.3 Å². The molecule has 0 bridgehead atoms. The minimum Gasteiger partial charge on any atom is -0.481 e. The number of fused-ring (bicyclic) bond motifs is 1. The zero-order valence-electron chi connectivity index (χ0n) is 16.9. The van der Waals surface area contributed by atoms with Gasteiger partial charge in [-0.15, -0.1) is 0 Å². The Morgan fingerprint density at radius 3 is 2.90 bits per heavy atom. The molecule has 152 valence electrons. The lowest BCUT2D eigenvalue weighted by atomic mass is 9.85. The second-order valence-corrected chi connectivity index (χ2v) is 7.64. The first-order chi connectivity index (χ1) is 14.0. The molecule has 2 aliphatic rings. The molecule has 1 fully saturated rings. The Labute approximate surface area is 170 Å². The number of ether oxygens (including phenoxy) is 2. The lowest BCUT2D eigenvalue weighted by molar-refractivity contribution is -0.119. The standard InChI is InChI=1S/C22H26N4O3/c1-12-10-24-22(28-3)13(2)19(12)14-4-5-16-18(8-14)26-21(27)17(9-23)20(16)25-15-6-7-29-11-15/h4-5,8-10,15,17,20,23,25H,6-7,11H2,1-3H3,(H,26,27)/t15-,17?,20?/m0/s1. The largest absolute Gasteiger partial charge is 0.481 e. The highest BCUT2D eigenvalue weighted by atomic mass is 16.5. The van der Waals surface area contributed by atoms with Crippen molar-refractivity contribution in [3.8, 4) is 17.0 Å². The van der Waals surface area contributed by atoms with Gasteiger partial charge < -0.3 is 25.5 Å². The summed E-state index contributed by atoms with van der Waals surface area (Å²) in [7, 11) is 1.61. The smallest absolute Gasteiger partial charge is 0.234 e. The van der Waals surface area contributed by atoms with Crippen LogP contribution in [0.15, 0.2) is 24.4 Å². The summed E-state index contributed by atoms with van der Waals surface area (Å²) in [4.78, 5) is 17.0. The summed E-state index contributed by atoms with van der Waals surface area (Å²) in [5.74, 6) is -0.114. The number of nitrogens with zero attached hydrogens (tertiary/aromatic N) is 1. The number of hydrogen-bond donors (Lipinski definition) is 3. The fraction of sp³-hybridized carbons (Fsp3) is 0.409. The van der Waals surface area contributed by atoms with Crippen molar-refractivity contribution in [2.45, 2.75) is 32.4 Å². The first kappa shape index (κ1) is 19.5. The number of amides is 1. The summed E-state index contributed by atoms with van der Waals surface area (Å²) in [5.41, 5.74) is 5.82. The number of anilines is 1. The summed E-state index contributed by atoms with van der Waals surface area (Å²) in [6.07, 6.45) is 3.93. The van der Waals surface area contributed by atoms with Gasteiger partial charge in [0.1, 0.15) is 0 Å². The van der Waals surface area contributed by atoms with Crippen LogP contribution in [0, 0.1) is 25.2 Å². The molecule has 1 saturated heterocycles. The third kappa shape index (κ3) is 3.52. The molecule has 4 rings (SSSR count). The van der Waals surface area contributed by atoms with Crippen LogP contribution < -0.4 is 15.4 Å². The molecule has 2 aliphatic heterocycles. The van der Waals surface area contributed by atoms with E-state index in [1.165, 1.54) is 6.21 Å². The van der Waals surface area contributed by atoms with Crippen molar-refractivity contribution in [1.82, 2.24) is 10.3 Å². The zero-order valence-corrected chi connectivity index (χ0v) is 16.9. The molecular weight excluding hydrogens is 368 g/mol. The molecule has 1 aromatic heterocycles. The zero-order chi connectivity index (χ0) is 20.5. The highest BCUT2D eigenvalue weighted by molar-refractivity contribution is 6.05. The van der Waals surface area contributed by atoms with Gasteiger partial charge in [-0.2, -0.15) is 0 Å². The first-order valence-corrected chi connectivity index (χ1v) is 9.83. The van der Waals surface area contributed by atoms with Crippen LogP contribution in [-0.2, 0) is 9.53 Å². The summed E-state index contributed by atoms with van der Waals surface area (Å²) < 4.78 is 10.9. The van der Waals surface area contributed by atoms with Crippen LogP contribution in [-0.4, -0.2) is 43.5 Å². The van der Waals surface area contributed by atoms with Crippen LogP contribution in [0.3, 0.4) is 0 Å². The van der Waals surface area contributed by atoms with E-state index >= 15 is 0 Å². The molecule has 0 radical (unpaired) electrons. The normalized spacial score (nSPS) is 23.4. The number of pyridine rings is 1. The number of hydrogen-bond acceptors (Lipinski definition) is 6. The van der Waals surface area contributed by atoms with Crippen LogP contribution in [0.2, 0.25) is 0 Å². The Hall–Kier alpha value is -2.77. The highest BCUT2D eigenvalue weighted by Gasteiger charge is 2.36. The van der Waals surface area contributed by atoms with Crippen LogP contribution in [0.5, 0.6) is 5.88 Å². The molecule has 0 spiro atoms. The fourth-order valence-corrected chi connectivity index (χ4v) is 4.31. The number of nitrogens with one attached hydrogen (secondary N) is 3. The van der Waals surface area contributed by atoms with Gasteiger partial charge in [-0.1, -0.05) is 12.1 Å². The molecule has 3 atom stereocenters. The van der Waals surface area contributed by atoms with Gasteiger partial charge in [-0.05, 0) is 48.6 Å².